The van der Waals surface area contributed by atoms with Crippen LogP contribution in [0.15, 0.2) is 0 Å². The number of hydrogen-bond acceptors (Lipinski definition) is 4. The second-order valence-electron chi connectivity index (χ2n) is 3.12. The van der Waals surface area contributed by atoms with Crippen molar-refractivity contribution in [3.05, 3.63) is 10.6 Å². The van der Waals surface area contributed by atoms with Crippen LogP contribution in [-0.2, 0) is 0 Å². The highest BCUT2D eigenvalue weighted by molar-refractivity contribution is 6.31. The van der Waals surface area contributed by atoms with Crippen LogP contribution in [0.2, 0.25) is 10.6 Å². The second-order valence-corrected chi connectivity index (χ2v) is 3.80. The summed E-state index contributed by atoms with van der Waals surface area (Å²) < 4.78 is 7.27. The average Bonchev–Trinajstić information content (AvgIpc) is 2.65. The Morgan fingerprint density at radius 2 is 1.67 bits per heavy atom. The second kappa shape index (κ2) is 4.72. The molecule has 0 aromatic carbocycles. The maximum atomic E-state index is 5.59. The summed E-state index contributed by atoms with van der Waals surface area (Å²) >= 11 is 11.2. The van der Waals surface area contributed by atoms with Gasteiger partial charge in [-0.3, -0.25) is 0 Å². The molecule has 80 valence electrons. The van der Waals surface area contributed by atoms with Crippen molar-refractivity contribution >= 4 is 29.6 Å². The van der Waals surface area contributed by atoms with Crippen LogP contribution < -0.4 is 4.74 Å². The zero-order chi connectivity index (χ0) is 10.7. The topological polar surface area (TPSA) is 50.9 Å². The molecule has 0 saturated carbocycles. The summed E-state index contributed by atoms with van der Waals surface area (Å²) in [4.78, 5) is 11.2. The van der Waals surface area contributed by atoms with Gasteiger partial charge in [0.05, 0.1) is 0 Å². The SMILES string of the molecule is Clc1nc(Cl)nc(OC=[N+]2CCCC2)n1. The molecule has 0 bridgehead atoms. The molecule has 1 fully saturated rings. The molecule has 1 aliphatic heterocycles. The van der Waals surface area contributed by atoms with Gasteiger partial charge in [0.2, 0.25) is 10.6 Å². The van der Waals surface area contributed by atoms with Crippen LogP contribution in [-0.4, -0.2) is 39.0 Å². The number of aromatic nitrogens is 3. The van der Waals surface area contributed by atoms with Gasteiger partial charge >= 0.3 is 12.4 Å². The van der Waals surface area contributed by atoms with E-state index in [2.05, 4.69) is 15.0 Å². The van der Waals surface area contributed by atoms with E-state index in [9.17, 15) is 0 Å². The molecular formula is C8H9Cl2N4O+. The number of ether oxygens (including phenoxy) is 1. The van der Waals surface area contributed by atoms with E-state index >= 15 is 0 Å². The first-order valence-electron chi connectivity index (χ1n) is 4.55. The van der Waals surface area contributed by atoms with Gasteiger partial charge in [0.15, 0.2) is 0 Å². The van der Waals surface area contributed by atoms with Crippen molar-refractivity contribution in [1.82, 2.24) is 15.0 Å². The predicted molar refractivity (Wildman–Crippen MR) is 55.8 cm³/mol. The third-order valence-electron chi connectivity index (χ3n) is 2.01. The fraction of sp³-hybridized carbons (Fsp3) is 0.500. The molecule has 7 heteroatoms. The minimum Gasteiger partial charge on any atom is -0.374 e. The van der Waals surface area contributed by atoms with E-state index in [1.807, 2.05) is 4.58 Å². The van der Waals surface area contributed by atoms with Crippen molar-refractivity contribution in [3.63, 3.8) is 0 Å². The summed E-state index contributed by atoms with van der Waals surface area (Å²) in [7, 11) is 0. The Bertz CT molecular complexity index is 368. The lowest BCUT2D eigenvalue weighted by Crippen LogP contribution is -2.12. The minimum absolute atomic E-state index is 0.0276. The molecule has 1 aromatic rings. The van der Waals surface area contributed by atoms with Gasteiger partial charge in [0, 0.05) is 12.8 Å². The van der Waals surface area contributed by atoms with Crippen LogP contribution in [0, 0.1) is 0 Å². The third-order valence-corrected chi connectivity index (χ3v) is 2.35. The zero-order valence-corrected chi connectivity index (χ0v) is 9.37. The number of halogens is 2. The maximum absolute atomic E-state index is 5.59. The van der Waals surface area contributed by atoms with Crippen molar-refractivity contribution in [2.75, 3.05) is 13.1 Å². The van der Waals surface area contributed by atoms with E-state index < -0.39 is 0 Å². The zero-order valence-electron chi connectivity index (χ0n) is 7.86. The molecular weight excluding hydrogens is 239 g/mol. The van der Waals surface area contributed by atoms with Gasteiger partial charge in [-0.2, -0.15) is 15.0 Å². The Labute approximate surface area is 96.7 Å². The smallest absolute Gasteiger partial charge is 0.331 e. The molecule has 0 N–H and O–H groups in total. The van der Waals surface area contributed by atoms with E-state index in [1.165, 1.54) is 12.8 Å². The highest BCUT2D eigenvalue weighted by Crippen LogP contribution is 2.10. The number of hydrogen-bond donors (Lipinski definition) is 0. The van der Waals surface area contributed by atoms with Crippen LogP contribution in [0.4, 0.5) is 0 Å². The monoisotopic (exact) mass is 247 g/mol. The van der Waals surface area contributed by atoms with Crippen molar-refractivity contribution < 1.29 is 9.31 Å². The lowest BCUT2D eigenvalue weighted by molar-refractivity contribution is -0.507. The quantitative estimate of drug-likeness (QED) is 0.586. The highest BCUT2D eigenvalue weighted by Gasteiger charge is 2.13. The summed E-state index contributed by atoms with van der Waals surface area (Å²) in [6.07, 6.45) is 3.95. The average molecular weight is 248 g/mol. The van der Waals surface area contributed by atoms with Gasteiger partial charge in [0.1, 0.15) is 13.1 Å². The molecule has 2 heterocycles. The third kappa shape index (κ3) is 3.00. The van der Waals surface area contributed by atoms with Crippen LogP contribution in [0.25, 0.3) is 0 Å². The van der Waals surface area contributed by atoms with Crippen molar-refractivity contribution in [2.45, 2.75) is 12.8 Å². The van der Waals surface area contributed by atoms with Crippen LogP contribution >= 0.6 is 23.2 Å². The summed E-state index contributed by atoms with van der Waals surface area (Å²) in [6, 6.07) is 0.118. The molecule has 5 nitrogen and oxygen atoms in total. The fourth-order valence-corrected chi connectivity index (χ4v) is 1.68. The maximum Gasteiger partial charge on any atom is 0.331 e. The van der Waals surface area contributed by atoms with Crippen molar-refractivity contribution in [3.8, 4) is 6.01 Å². The van der Waals surface area contributed by atoms with E-state index in [4.69, 9.17) is 27.9 Å². The summed E-state index contributed by atoms with van der Waals surface area (Å²) in [6.45, 7) is 1.99. The lowest BCUT2D eigenvalue weighted by atomic mass is 10.4. The number of nitrogens with zero attached hydrogens (tertiary/aromatic N) is 4. The molecule has 1 aromatic heterocycles. The highest BCUT2D eigenvalue weighted by atomic mass is 35.5. The summed E-state index contributed by atoms with van der Waals surface area (Å²) in [5.74, 6) is 0. The molecule has 0 spiro atoms. The van der Waals surface area contributed by atoms with E-state index in [0.717, 1.165) is 13.1 Å². The Morgan fingerprint density at radius 3 is 2.27 bits per heavy atom. The van der Waals surface area contributed by atoms with Gasteiger partial charge in [0.25, 0.3) is 0 Å². The van der Waals surface area contributed by atoms with E-state index in [0.29, 0.717) is 0 Å². The molecule has 1 saturated heterocycles. The lowest BCUT2D eigenvalue weighted by Gasteiger charge is -1.97. The first-order valence-corrected chi connectivity index (χ1v) is 5.31. The van der Waals surface area contributed by atoms with Gasteiger partial charge < -0.3 is 4.74 Å². The first-order chi connectivity index (χ1) is 7.24. The van der Waals surface area contributed by atoms with Crippen LogP contribution in [0.3, 0.4) is 0 Å². The largest absolute Gasteiger partial charge is 0.374 e. The Balaban J connectivity index is 2.07. The molecule has 2 rings (SSSR count). The molecule has 0 amide bonds. The van der Waals surface area contributed by atoms with Crippen LogP contribution in [0.5, 0.6) is 6.01 Å². The standard InChI is InChI=1S/C8H9Cl2N4O/c9-6-11-7(10)13-8(12-6)15-5-14-3-1-2-4-14/h5H,1-4H2/q+1. The molecule has 1 aliphatic rings. The van der Waals surface area contributed by atoms with Crippen molar-refractivity contribution in [1.29, 1.82) is 0 Å². The summed E-state index contributed by atoms with van der Waals surface area (Å²) in [5, 5.41) is 0.0552. The Kier molecular flexibility index (Phi) is 3.33. The predicted octanol–water partition coefficient (Wildman–Crippen LogP) is 1.39. The first kappa shape index (κ1) is 10.6. The number of rotatable bonds is 2. The minimum atomic E-state index is 0.0276. The molecule has 0 aliphatic carbocycles. The van der Waals surface area contributed by atoms with Gasteiger partial charge in [-0.1, -0.05) is 0 Å². The molecule has 0 unspecified atom stereocenters. The van der Waals surface area contributed by atoms with Gasteiger partial charge in [-0.05, 0) is 23.2 Å². The summed E-state index contributed by atoms with van der Waals surface area (Å²) in [5.41, 5.74) is 0. The molecule has 0 atom stereocenters. The Hall–Kier alpha value is -0.940. The Morgan fingerprint density at radius 1 is 1.07 bits per heavy atom. The van der Waals surface area contributed by atoms with Gasteiger partial charge in [-0.15, -0.1) is 0 Å². The normalized spacial score (nSPS) is 15.5. The molecule has 0 radical (unpaired) electrons. The van der Waals surface area contributed by atoms with E-state index in [-0.39, 0.29) is 16.6 Å². The fourth-order valence-electron chi connectivity index (χ4n) is 1.33. The van der Waals surface area contributed by atoms with E-state index in [1.54, 1.807) is 6.40 Å². The van der Waals surface area contributed by atoms with Crippen molar-refractivity contribution in [2.24, 2.45) is 0 Å². The van der Waals surface area contributed by atoms with Crippen LogP contribution in [0.1, 0.15) is 12.8 Å². The molecule has 15 heavy (non-hydrogen) atoms. The van der Waals surface area contributed by atoms with Gasteiger partial charge in [-0.25, -0.2) is 4.58 Å².